The highest BCUT2D eigenvalue weighted by atomic mass is 35.5. The lowest BCUT2D eigenvalue weighted by Crippen LogP contribution is -2.22. The first-order valence-corrected chi connectivity index (χ1v) is 8.03. The molecule has 0 saturated heterocycles. The lowest BCUT2D eigenvalue weighted by atomic mass is 10.2. The number of pyridine rings is 1. The first-order chi connectivity index (χ1) is 11.3. The third-order valence-corrected chi connectivity index (χ3v) is 4.39. The summed E-state index contributed by atoms with van der Waals surface area (Å²) in [6, 6.07) is 5.04. The van der Waals surface area contributed by atoms with Gasteiger partial charge in [0.25, 0.3) is 5.91 Å². The van der Waals surface area contributed by atoms with Gasteiger partial charge < -0.3 is 10.1 Å². The molecule has 0 atom stereocenters. The predicted molar refractivity (Wildman–Crippen MR) is 94.4 cm³/mol. The Morgan fingerprint density at radius 2 is 1.88 bits per heavy atom. The van der Waals surface area contributed by atoms with Crippen LogP contribution in [0.25, 0.3) is 0 Å². The number of ether oxygens (including phenoxy) is 1. The van der Waals surface area contributed by atoms with E-state index in [1.807, 2.05) is 0 Å². The Kier molecular flexibility index (Phi) is 6.29. The zero-order valence-electron chi connectivity index (χ0n) is 12.2. The predicted octanol–water partition coefficient (Wildman–Crippen LogP) is 4.80. The van der Waals surface area contributed by atoms with Gasteiger partial charge in [-0.15, -0.1) is 0 Å². The molecule has 1 aromatic heterocycles. The average molecular weight is 408 g/mol. The molecular formula is C15H10Cl4N2O3. The number of hydrogen-bond acceptors (Lipinski definition) is 4. The van der Waals surface area contributed by atoms with E-state index < -0.39 is 18.5 Å². The highest BCUT2D eigenvalue weighted by molar-refractivity contribution is 6.48. The Morgan fingerprint density at radius 3 is 2.58 bits per heavy atom. The number of aryl methyl sites for hydroxylation is 1. The molecule has 5 nitrogen and oxygen atoms in total. The molecule has 24 heavy (non-hydrogen) atoms. The summed E-state index contributed by atoms with van der Waals surface area (Å²) in [7, 11) is 0. The highest BCUT2D eigenvalue weighted by Gasteiger charge is 2.19. The van der Waals surface area contributed by atoms with E-state index >= 15 is 0 Å². The minimum Gasteiger partial charge on any atom is -0.451 e. The second kappa shape index (κ2) is 8.03. The number of halogens is 4. The van der Waals surface area contributed by atoms with Crippen molar-refractivity contribution in [2.24, 2.45) is 0 Å². The molecule has 1 heterocycles. The number of carbonyl (C=O) groups is 2. The van der Waals surface area contributed by atoms with Crippen molar-refractivity contribution in [1.29, 1.82) is 0 Å². The fourth-order valence-corrected chi connectivity index (χ4v) is 2.43. The first kappa shape index (κ1) is 18.8. The molecule has 0 unspecified atom stereocenters. The van der Waals surface area contributed by atoms with Crippen LogP contribution in [0, 0.1) is 6.92 Å². The highest BCUT2D eigenvalue weighted by Crippen LogP contribution is 2.31. The molecule has 126 valence electrons. The van der Waals surface area contributed by atoms with E-state index in [1.54, 1.807) is 25.1 Å². The van der Waals surface area contributed by atoms with Gasteiger partial charge in [0.1, 0.15) is 0 Å². The van der Waals surface area contributed by atoms with Gasteiger partial charge >= 0.3 is 5.97 Å². The van der Waals surface area contributed by atoms with Crippen LogP contribution in [0.5, 0.6) is 0 Å². The van der Waals surface area contributed by atoms with Crippen LogP contribution in [0.3, 0.4) is 0 Å². The van der Waals surface area contributed by atoms with Gasteiger partial charge in [-0.2, -0.15) is 0 Å². The minimum absolute atomic E-state index is 0.0145. The van der Waals surface area contributed by atoms with Crippen molar-refractivity contribution in [3.05, 3.63) is 55.7 Å². The van der Waals surface area contributed by atoms with Gasteiger partial charge in [0.2, 0.25) is 0 Å². The molecule has 9 heteroatoms. The van der Waals surface area contributed by atoms with Crippen molar-refractivity contribution >= 4 is 64.0 Å². The van der Waals surface area contributed by atoms with Crippen LogP contribution < -0.4 is 5.32 Å². The molecule has 1 N–H and O–H groups in total. The molecule has 0 fully saturated rings. The third kappa shape index (κ3) is 4.51. The van der Waals surface area contributed by atoms with Crippen LogP contribution in [0.2, 0.25) is 20.1 Å². The lowest BCUT2D eigenvalue weighted by Gasteiger charge is -2.10. The van der Waals surface area contributed by atoms with Crippen LogP contribution >= 0.6 is 46.4 Å². The fraction of sp³-hybridized carbons (Fsp3) is 0.133. The fourth-order valence-electron chi connectivity index (χ4n) is 1.70. The summed E-state index contributed by atoms with van der Waals surface area (Å²) in [5.41, 5.74) is 1.11. The van der Waals surface area contributed by atoms with Crippen molar-refractivity contribution in [1.82, 2.24) is 4.98 Å². The minimum atomic E-state index is -0.892. The smallest absolute Gasteiger partial charge is 0.359 e. The van der Waals surface area contributed by atoms with Gasteiger partial charge in [-0.1, -0.05) is 52.5 Å². The van der Waals surface area contributed by atoms with E-state index in [0.717, 1.165) is 5.56 Å². The SMILES string of the molecule is Cc1ccc(Cl)cc1NC(=O)COC(=O)c1ncc(Cl)c(Cl)c1Cl. The summed E-state index contributed by atoms with van der Waals surface area (Å²) in [5, 5.41) is 3.01. The summed E-state index contributed by atoms with van der Waals surface area (Å²) < 4.78 is 4.88. The number of carbonyl (C=O) groups excluding carboxylic acids is 2. The monoisotopic (exact) mass is 406 g/mol. The molecule has 0 bridgehead atoms. The maximum absolute atomic E-state index is 11.9. The van der Waals surface area contributed by atoms with Crippen LogP contribution in [0.15, 0.2) is 24.4 Å². The van der Waals surface area contributed by atoms with Crippen molar-refractivity contribution in [3.8, 4) is 0 Å². The van der Waals surface area contributed by atoms with Crippen LogP contribution in [-0.4, -0.2) is 23.5 Å². The topological polar surface area (TPSA) is 68.3 Å². The number of aromatic nitrogens is 1. The van der Waals surface area contributed by atoms with Gasteiger partial charge in [0, 0.05) is 16.9 Å². The Labute approximate surface area is 157 Å². The standard InChI is InChI=1S/C15H10Cl4N2O3/c1-7-2-3-8(16)4-10(7)21-11(22)6-24-15(23)14-13(19)12(18)9(17)5-20-14/h2-5H,6H2,1H3,(H,21,22). The van der Waals surface area contributed by atoms with Gasteiger partial charge in [-0.05, 0) is 24.6 Å². The molecular weight excluding hydrogens is 398 g/mol. The zero-order chi connectivity index (χ0) is 17.9. The van der Waals surface area contributed by atoms with Crippen LogP contribution in [-0.2, 0) is 9.53 Å². The average Bonchev–Trinajstić information content (AvgIpc) is 2.54. The van der Waals surface area contributed by atoms with E-state index in [0.29, 0.717) is 10.7 Å². The second-order valence-electron chi connectivity index (χ2n) is 4.67. The Bertz CT molecular complexity index is 812. The molecule has 0 aliphatic carbocycles. The zero-order valence-corrected chi connectivity index (χ0v) is 15.2. The van der Waals surface area contributed by atoms with E-state index in [9.17, 15) is 9.59 Å². The van der Waals surface area contributed by atoms with Crippen molar-refractivity contribution in [3.63, 3.8) is 0 Å². The normalized spacial score (nSPS) is 10.4. The van der Waals surface area contributed by atoms with Crippen LogP contribution in [0.1, 0.15) is 16.1 Å². The maximum Gasteiger partial charge on any atom is 0.359 e. The first-order valence-electron chi connectivity index (χ1n) is 6.52. The summed E-state index contributed by atoms with van der Waals surface area (Å²) in [6.07, 6.45) is 1.17. The number of anilines is 1. The molecule has 2 rings (SSSR count). The summed E-state index contributed by atoms with van der Waals surface area (Å²) in [4.78, 5) is 27.6. The number of benzene rings is 1. The number of amides is 1. The molecule has 0 saturated carbocycles. The Balaban J connectivity index is 2.00. The number of esters is 1. The summed E-state index contributed by atoms with van der Waals surface area (Å²) in [5.74, 6) is -1.43. The van der Waals surface area contributed by atoms with Gasteiger partial charge in [-0.25, -0.2) is 9.78 Å². The third-order valence-electron chi connectivity index (χ3n) is 2.92. The maximum atomic E-state index is 11.9. The molecule has 0 spiro atoms. The molecule has 1 aromatic carbocycles. The van der Waals surface area contributed by atoms with E-state index in [-0.39, 0.29) is 20.8 Å². The molecule has 0 aliphatic heterocycles. The summed E-state index contributed by atoms with van der Waals surface area (Å²) in [6.45, 7) is 1.28. The number of hydrogen-bond donors (Lipinski definition) is 1. The van der Waals surface area contributed by atoms with Crippen molar-refractivity contribution in [2.75, 3.05) is 11.9 Å². The molecule has 0 aliphatic rings. The molecule has 1 amide bonds. The Hall–Kier alpha value is -1.53. The van der Waals surface area contributed by atoms with Crippen molar-refractivity contribution < 1.29 is 14.3 Å². The number of rotatable bonds is 4. The molecule has 0 radical (unpaired) electrons. The van der Waals surface area contributed by atoms with Gasteiger partial charge in [-0.3, -0.25) is 4.79 Å². The Morgan fingerprint density at radius 1 is 1.17 bits per heavy atom. The largest absolute Gasteiger partial charge is 0.451 e. The van der Waals surface area contributed by atoms with E-state index in [1.165, 1.54) is 6.20 Å². The number of nitrogens with zero attached hydrogens (tertiary/aromatic N) is 1. The van der Waals surface area contributed by atoms with E-state index in [2.05, 4.69) is 10.3 Å². The van der Waals surface area contributed by atoms with Gasteiger partial charge in [0.05, 0.1) is 15.1 Å². The van der Waals surface area contributed by atoms with Gasteiger partial charge in [0.15, 0.2) is 12.3 Å². The lowest BCUT2D eigenvalue weighted by molar-refractivity contribution is -0.119. The second-order valence-corrected chi connectivity index (χ2v) is 6.27. The quantitative estimate of drug-likeness (QED) is 0.739. The van der Waals surface area contributed by atoms with Crippen molar-refractivity contribution in [2.45, 2.75) is 6.92 Å². The molecule has 2 aromatic rings. The number of nitrogens with one attached hydrogen (secondary N) is 1. The van der Waals surface area contributed by atoms with E-state index in [4.69, 9.17) is 51.1 Å². The van der Waals surface area contributed by atoms with Crippen LogP contribution in [0.4, 0.5) is 5.69 Å². The summed E-state index contributed by atoms with van der Waals surface area (Å²) >= 11 is 23.3.